The second kappa shape index (κ2) is 4.05. The summed E-state index contributed by atoms with van der Waals surface area (Å²) in [7, 11) is 0. The highest BCUT2D eigenvalue weighted by molar-refractivity contribution is 5.18. The Morgan fingerprint density at radius 3 is 2.71 bits per heavy atom. The number of aromatic nitrogens is 1. The van der Waals surface area contributed by atoms with Crippen LogP contribution in [0, 0.1) is 11.7 Å². The van der Waals surface area contributed by atoms with Gasteiger partial charge in [-0.25, -0.2) is 4.39 Å². The molecule has 1 N–H and O–H groups in total. The van der Waals surface area contributed by atoms with E-state index in [1.54, 1.807) is 6.92 Å². The molecule has 0 aliphatic carbocycles. The molecule has 0 amide bonds. The summed E-state index contributed by atoms with van der Waals surface area (Å²) in [5, 5.41) is 10.2. The van der Waals surface area contributed by atoms with Crippen molar-refractivity contribution in [2.75, 3.05) is 0 Å². The Kier molecular flexibility index (Phi) is 3.21. The predicted octanol–water partition coefficient (Wildman–Crippen LogP) is 2.47. The van der Waals surface area contributed by atoms with Crippen LogP contribution in [0.1, 0.15) is 32.8 Å². The third-order valence-electron chi connectivity index (χ3n) is 2.86. The van der Waals surface area contributed by atoms with Crippen molar-refractivity contribution in [2.24, 2.45) is 5.92 Å². The number of hydrogen-bond acceptors (Lipinski definition) is 2. The Hall–Kier alpha value is -0.960. The number of halogens is 1. The molecule has 1 aromatic heterocycles. The van der Waals surface area contributed by atoms with Crippen molar-refractivity contribution in [3.63, 3.8) is 0 Å². The Balaban J connectivity index is 3.03. The summed E-state index contributed by atoms with van der Waals surface area (Å²) in [6.45, 7) is 5.62. The van der Waals surface area contributed by atoms with Gasteiger partial charge in [-0.1, -0.05) is 20.3 Å². The van der Waals surface area contributed by atoms with Crippen LogP contribution in [0.3, 0.4) is 0 Å². The van der Waals surface area contributed by atoms with Gasteiger partial charge in [0.05, 0.1) is 11.8 Å². The van der Waals surface area contributed by atoms with Crippen LogP contribution < -0.4 is 0 Å². The Morgan fingerprint density at radius 2 is 2.21 bits per heavy atom. The van der Waals surface area contributed by atoms with Gasteiger partial charge in [0.1, 0.15) is 5.82 Å². The van der Waals surface area contributed by atoms with E-state index >= 15 is 0 Å². The zero-order valence-electron chi connectivity index (χ0n) is 8.79. The minimum atomic E-state index is -1.01. The van der Waals surface area contributed by atoms with Gasteiger partial charge in [-0.05, 0) is 18.9 Å². The first kappa shape index (κ1) is 11.1. The van der Waals surface area contributed by atoms with Crippen LogP contribution in [-0.4, -0.2) is 10.1 Å². The molecule has 2 nitrogen and oxygen atoms in total. The van der Waals surface area contributed by atoms with Gasteiger partial charge < -0.3 is 5.11 Å². The van der Waals surface area contributed by atoms with E-state index in [9.17, 15) is 9.50 Å². The van der Waals surface area contributed by atoms with Crippen LogP contribution in [0.25, 0.3) is 0 Å². The van der Waals surface area contributed by atoms with E-state index in [-0.39, 0.29) is 5.92 Å². The van der Waals surface area contributed by atoms with Crippen LogP contribution >= 0.6 is 0 Å². The highest BCUT2D eigenvalue weighted by Crippen LogP contribution is 2.30. The molecule has 1 heterocycles. The number of pyridine rings is 1. The summed E-state index contributed by atoms with van der Waals surface area (Å²) in [5.74, 6) is -0.336. The van der Waals surface area contributed by atoms with Crippen molar-refractivity contribution in [2.45, 2.75) is 32.8 Å². The van der Waals surface area contributed by atoms with E-state index in [2.05, 4.69) is 4.98 Å². The smallest absolute Gasteiger partial charge is 0.141 e. The number of nitrogens with zero attached hydrogens (tertiary/aromatic N) is 1. The first-order valence-corrected chi connectivity index (χ1v) is 4.82. The van der Waals surface area contributed by atoms with Crippen LogP contribution in [0.4, 0.5) is 4.39 Å². The molecule has 1 aromatic rings. The molecule has 0 fully saturated rings. The lowest BCUT2D eigenvalue weighted by atomic mass is 9.83. The first-order chi connectivity index (χ1) is 6.48. The molecule has 2 atom stereocenters. The SMILES string of the molecule is CCC(C)C(C)(O)c1cncc(F)c1. The van der Waals surface area contributed by atoms with E-state index in [1.807, 2.05) is 13.8 Å². The van der Waals surface area contributed by atoms with Gasteiger partial charge in [0.15, 0.2) is 0 Å². The summed E-state index contributed by atoms with van der Waals surface area (Å²) < 4.78 is 12.9. The molecule has 2 unspecified atom stereocenters. The van der Waals surface area contributed by atoms with Gasteiger partial charge in [0, 0.05) is 11.8 Å². The molecule has 0 aromatic carbocycles. The molecular weight excluding hydrogens is 181 g/mol. The third kappa shape index (κ3) is 2.10. The Labute approximate surface area is 83.8 Å². The van der Waals surface area contributed by atoms with Gasteiger partial charge in [-0.15, -0.1) is 0 Å². The van der Waals surface area contributed by atoms with Crippen LogP contribution in [0.2, 0.25) is 0 Å². The minimum Gasteiger partial charge on any atom is -0.385 e. The van der Waals surface area contributed by atoms with E-state index in [4.69, 9.17) is 0 Å². The summed E-state index contributed by atoms with van der Waals surface area (Å²) in [5.41, 5.74) is -0.476. The second-order valence-corrected chi connectivity index (χ2v) is 3.85. The van der Waals surface area contributed by atoms with Gasteiger partial charge >= 0.3 is 0 Å². The van der Waals surface area contributed by atoms with E-state index < -0.39 is 11.4 Å². The molecule has 14 heavy (non-hydrogen) atoms. The summed E-state index contributed by atoms with van der Waals surface area (Å²) in [6.07, 6.45) is 3.48. The first-order valence-electron chi connectivity index (χ1n) is 4.82. The van der Waals surface area contributed by atoms with Gasteiger partial charge in [0.2, 0.25) is 0 Å². The van der Waals surface area contributed by atoms with Crippen molar-refractivity contribution < 1.29 is 9.50 Å². The van der Waals surface area contributed by atoms with E-state index in [1.165, 1.54) is 12.3 Å². The highest BCUT2D eigenvalue weighted by Gasteiger charge is 2.29. The molecular formula is C11H16FNO. The highest BCUT2D eigenvalue weighted by atomic mass is 19.1. The molecule has 0 saturated heterocycles. The van der Waals surface area contributed by atoms with Gasteiger partial charge in [-0.3, -0.25) is 4.98 Å². The fourth-order valence-electron chi connectivity index (χ4n) is 1.37. The normalized spacial score (nSPS) is 17.5. The fraction of sp³-hybridized carbons (Fsp3) is 0.545. The predicted molar refractivity (Wildman–Crippen MR) is 53.2 cm³/mol. The molecule has 0 saturated carbocycles. The Bertz CT molecular complexity index is 312. The van der Waals surface area contributed by atoms with Gasteiger partial charge in [-0.2, -0.15) is 0 Å². The largest absolute Gasteiger partial charge is 0.385 e. The molecule has 0 aliphatic heterocycles. The molecule has 1 rings (SSSR count). The van der Waals surface area contributed by atoms with Crippen LogP contribution in [-0.2, 0) is 5.60 Å². The van der Waals surface area contributed by atoms with Crippen LogP contribution in [0.5, 0.6) is 0 Å². The lowest BCUT2D eigenvalue weighted by molar-refractivity contribution is -0.000568. The monoisotopic (exact) mass is 197 g/mol. The third-order valence-corrected chi connectivity index (χ3v) is 2.86. The fourth-order valence-corrected chi connectivity index (χ4v) is 1.37. The lowest BCUT2D eigenvalue weighted by Crippen LogP contribution is -2.29. The maximum absolute atomic E-state index is 12.9. The molecule has 0 spiro atoms. The van der Waals surface area contributed by atoms with Crippen LogP contribution in [0.15, 0.2) is 18.5 Å². The summed E-state index contributed by atoms with van der Waals surface area (Å²) in [4.78, 5) is 3.73. The maximum Gasteiger partial charge on any atom is 0.141 e. The molecule has 3 heteroatoms. The second-order valence-electron chi connectivity index (χ2n) is 3.85. The minimum absolute atomic E-state index is 0.0751. The molecule has 0 bridgehead atoms. The molecule has 78 valence electrons. The van der Waals surface area contributed by atoms with Crippen molar-refractivity contribution >= 4 is 0 Å². The standard InChI is InChI=1S/C11H16FNO/c1-4-8(2)11(3,14)9-5-10(12)7-13-6-9/h5-8,14H,4H2,1-3H3. The topological polar surface area (TPSA) is 33.1 Å². The summed E-state index contributed by atoms with van der Waals surface area (Å²) in [6, 6.07) is 1.33. The van der Waals surface area contributed by atoms with E-state index in [0.29, 0.717) is 5.56 Å². The average Bonchev–Trinajstić information content (AvgIpc) is 2.16. The van der Waals surface area contributed by atoms with Crippen molar-refractivity contribution in [1.29, 1.82) is 0 Å². The van der Waals surface area contributed by atoms with E-state index in [0.717, 1.165) is 12.6 Å². The zero-order chi connectivity index (χ0) is 10.8. The number of rotatable bonds is 3. The summed E-state index contributed by atoms with van der Waals surface area (Å²) >= 11 is 0. The van der Waals surface area contributed by atoms with Crippen molar-refractivity contribution in [3.8, 4) is 0 Å². The molecule has 0 radical (unpaired) electrons. The Morgan fingerprint density at radius 1 is 1.57 bits per heavy atom. The molecule has 0 aliphatic rings. The van der Waals surface area contributed by atoms with Gasteiger partial charge in [0.25, 0.3) is 0 Å². The van der Waals surface area contributed by atoms with Crippen molar-refractivity contribution in [3.05, 3.63) is 29.8 Å². The quantitative estimate of drug-likeness (QED) is 0.807. The zero-order valence-corrected chi connectivity index (χ0v) is 8.79. The van der Waals surface area contributed by atoms with Crippen molar-refractivity contribution in [1.82, 2.24) is 4.98 Å². The number of hydrogen-bond donors (Lipinski definition) is 1. The average molecular weight is 197 g/mol. The lowest BCUT2D eigenvalue weighted by Gasteiger charge is -2.29. The number of aliphatic hydroxyl groups is 1. The maximum atomic E-state index is 12.9.